The van der Waals surface area contributed by atoms with E-state index in [-0.39, 0.29) is 11.3 Å². The van der Waals surface area contributed by atoms with E-state index in [0.717, 1.165) is 0 Å². The minimum absolute atomic E-state index is 0.0263. The lowest BCUT2D eigenvalue weighted by Gasteiger charge is -2.21. The smallest absolute Gasteiger partial charge is 0.326 e. The molecule has 0 fully saturated rings. The van der Waals surface area contributed by atoms with Crippen LogP contribution in [0.5, 0.6) is 5.75 Å². The maximum atomic E-state index is 12.1. The van der Waals surface area contributed by atoms with E-state index < -0.39 is 12.0 Å². The molecule has 0 aliphatic carbocycles. The molecule has 0 saturated heterocycles. The second kappa shape index (κ2) is 7.11. The number of amides is 1. The van der Waals surface area contributed by atoms with Gasteiger partial charge in [0.05, 0.1) is 7.11 Å². The molecule has 1 unspecified atom stereocenters. The molecule has 1 aromatic carbocycles. The van der Waals surface area contributed by atoms with E-state index in [9.17, 15) is 14.7 Å². The Morgan fingerprint density at radius 2 is 1.81 bits per heavy atom. The lowest BCUT2D eigenvalue weighted by atomic mass is 9.88. The molecule has 1 atom stereocenters. The Hall–Kier alpha value is -2.04. The number of rotatable bonds is 6. The molecular weight excluding hydrogens is 270 g/mol. The number of carbonyl (C=O) groups is 2. The fraction of sp³-hybridized carbons (Fsp3) is 0.500. The van der Waals surface area contributed by atoms with Crippen molar-refractivity contribution in [1.29, 1.82) is 0 Å². The van der Waals surface area contributed by atoms with Gasteiger partial charge in [-0.25, -0.2) is 4.79 Å². The van der Waals surface area contributed by atoms with Crippen LogP contribution in [0.3, 0.4) is 0 Å². The highest BCUT2D eigenvalue weighted by Gasteiger charge is 2.23. The maximum Gasteiger partial charge on any atom is 0.326 e. The fourth-order valence-corrected chi connectivity index (χ4v) is 1.82. The number of carbonyl (C=O) groups excluding carboxylic acids is 1. The molecular formula is C16H23NO4. The number of carboxylic acids is 1. The molecule has 21 heavy (non-hydrogen) atoms. The quantitative estimate of drug-likeness (QED) is 0.845. The van der Waals surface area contributed by atoms with Crippen molar-refractivity contribution in [1.82, 2.24) is 5.32 Å². The first-order valence-electron chi connectivity index (χ1n) is 6.90. The van der Waals surface area contributed by atoms with Gasteiger partial charge in [-0.05, 0) is 42.5 Å². The fourth-order valence-electron chi connectivity index (χ4n) is 1.82. The largest absolute Gasteiger partial charge is 0.497 e. The first-order valence-corrected chi connectivity index (χ1v) is 6.90. The van der Waals surface area contributed by atoms with Gasteiger partial charge >= 0.3 is 5.97 Å². The van der Waals surface area contributed by atoms with Crippen molar-refractivity contribution in [2.24, 2.45) is 5.41 Å². The van der Waals surface area contributed by atoms with Gasteiger partial charge < -0.3 is 15.2 Å². The van der Waals surface area contributed by atoms with Crippen LogP contribution in [0.4, 0.5) is 0 Å². The topological polar surface area (TPSA) is 75.6 Å². The third-order valence-electron chi connectivity index (χ3n) is 3.14. The first kappa shape index (κ1) is 17.0. The van der Waals surface area contributed by atoms with Crippen LogP contribution in [-0.4, -0.2) is 30.1 Å². The molecule has 0 radical (unpaired) electrons. The van der Waals surface area contributed by atoms with Gasteiger partial charge in [-0.1, -0.05) is 20.8 Å². The van der Waals surface area contributed by atoms with Crippen LogP contribution in [-0.2, 0) is 4.79 Å². The van der Waals surface area contributed by atoms with Gasteiger partial charge in [0.15, 0.2) is 0 Å². The molecule has 1 aromatic rings. The van der Waals surface area contributed by atoms with E-state index in [1.54, 1.807) is 31.4 Å². The predicted octanol–water partition coefficient (Wildman–Crippen LogP) is 2.70. The van der Waals surface area contributed by atoms with E-state index in [0.29, 0.717) is 24.2 Å². The number of nitrogens with one attached hydrogen (secondary N) is 1. The van der Waals surface area contributed by atoms with Crippen LogP contribution >= 0.6 is 0 Å². The van der Waals surface area contributed by atoms with Crippen molar-refractivity contribution in [3.05, 3.63) is 29.8 Å². The van der Waals surface area contributed by atoms with Crippen LogP contribution in [0, 0.1) is 5.41 Å². The highest BCUT2D eigenvalue weighted by atomic mass is 16.5. The molecule has 5 nitrogen and oxygen atoms in total. The standard InChI is InChI=1S/C16H23NO4/c1-16(2,3)10-9-13(15(19)20)17-14(18)11-5-7-12(21-4)8-6-11/h5-8,13H,9-10H2,1-4H3,(H,17,18)(H,19,20). The lowest BCUT2D eigenvalue weighted by Crippen LogP contribution is -2.41. The van der Waals surface area contributed by atoms with E-state index in [2.05, 4.69) is 5.32 Å². The van der Waals surface area contributed by atoms with Crippen LogP contribution in [0.25, 0.3) is 0 Å². The van der Waals surface area contributed by atoms with Gasteiger partial charge in [-0.15, -0.1) is 0 Å². The zero-order valence-corrected chi connectivity index (χ0v) is 13.0. The summed E-state index contributed by atoms with van der Waals surface area (Å²) in [6.45, 7) is 6.12. The molecule has 0 spiro atoms. The highest BCUT2D eigenvalue weighted by molar-refractivity contribution is 5.96. The summed E-state index contributed by atoms with van der Waals surface area (Å²) in [5.41, 5.74) is 0.441. The van der Waals surface area contributed by atoms with Gasteiger partial charge in [0, 0.05) is 5.56 Å². The zero-order chi connectivity index (χ0) is 16.0. The normalized spacial score (nSPS) is 12.6. The number of hydrogen-bond donors (Lipinski definition) is 2. The number of aliphatic carboxylic acids is 1. The van der Waals surface area contributed by atoms with Gasteiger partial charge in [-0.3, -0.25) is 4.79 Å². The molecule has 1 rings (SSSR count). The van der Waals surface area contributed by atoms with Gasteiger partial charge in [-0.2, -0.15) is 0 Å². The minimum atomic E-state index is -1.01. The third kappa shape index (κ3) is 5.85. The molecule has 1 amide bonds. The Kier molecular flexibility index (Phi) is 5.76. The van der Waals surface area contributed by atoms with E-state index in [4.69, 9.17) is 4.74 Å². The second-order valence-electron chi connectivity index (χ2n) is 6.19. The van der Waals surface area contributed by atoms with Crippen molar-refractivity contribution in [3.63, 3.8) is 0 Å². The summed E-state index contributed by atoms with van der Waals surface area (Å²) in [4.78, 5) is 23.3. The number of ether oxygens (including phenoxy) is 1. The highest BCUT2D eigenvalue weighted by Crippen LogP contribution is 2.22. The molecule has 0 heterocycles. The maximum absolute atomic E-state index is 12.1. The van der Waals surface area contributed by atoms with Crippen molar-refractivity contribution >= 4 is 11.9 Å². The summed E-state index contributed by atoms with van der Waals surface area (Å²) >= 11 is 0. The predicted molar refractivity (Wildman–Crippen MR) is 80.6 cm³/mol. The average molecular weight is 293 g/mol. The van der Waals surface area contributed by atoms with Crippen LogP contribution < -0.4 is 10.1 Å². The van der Waals surface area contributed by atoms with E-state index >= 15 is 0 Å². The third-order valence-corrected chi connectivity index (χ3v) is 3.14. The Morgan fingerprint density at radius 3 is 2.24 bits per heavy atom. The summed E-state index contributed by atoms with van der Waals surface area (Å²) in [6, 6.07) is 5.67. The molecule has 0 aliphatic heterocycles. The average Bonchev–Trinajstić information content (AvgIpc) is 2.42. The number of carboxylic acid groups (broad SMARTS) is 1. The summed E-state index contributed by atoms with van der Waals surface area (Å²) in [6.07, 6.45) is 1.12. The number of methoxy groups -OCH3 is 1. The molecule has 5 heteroatoms. The zero-order valence-electron chi connectivity index (χ0n) is 13.0. The monoisotopic (exact) mass is 293 g/mol. The van der Waals surface area contributed by atoms with E-state index in [1.807, 2.05) is 20.8 Å². The van der Waals surface area contributed by atoms with Crippen molar-refractivity contribution < 1.29 is 19.4 Å². The minimum Gasteiger partial charge on any atom is -0.497 e. The summed E-state index contributed by atoms with van der Waals surface area (Å²) in [7, 11) is 1.54. The Labute approximate surface area is 125 Å². The Balaban J connectivity index is 2.69. The van der Waals surface area contributed by atoms with Gasteiger partial charge in [0.1, 0.15) is 11.8 Å². The number of hydrogen-bond acceptors (Lipinski definition) is 3. The van der Waals surface area contributed by atoms with Gasteiger partial charge in [0.2, 0.25) is 0 Å². The van der Waals surface area contributed by atoms with Gasteiger partial charge in [0.25, 0.3) is 5.91 Å². The molecule has 0 aliphatic rings. The Morgan fingerprint density at radius 1 is 1.24 bits per heavy atom. The SMILES string of the molecule is COc1ccc(C(=O)NC(CCC(C)(C)C)C(=O)O)cc1. The molecule has 2 N–H and O–H groups in total. The van der Waals surface area contributed by atoms with Crippen LogP contribution in [0.1, 0.15) is 44.0 Å². The summed E-state index contributed by atoms with van der Waals surface area (Å²) < 4.78 is 5.02. The summed E-state index contributed by atoms with van der Waals surface area (Å²) in [5, 5.41) is 11.8. The molecule has 0 bridgehead atoms. The number of benzene rings is 1. The van der Waals surface area contributed by atoms with Crippen molar-refractivity contribution in [2.75, 3.05) is 7.11 Å². The van der Waals surface area contributed by atoms with Crippen LogP contribution in [0.2, 0.25) is 0 Å². The molecule has 116 valence electrons. The lowest BCUT2D eigenvalue weighted by molar-refractivity contribution is -0.139. The molecule has 0 saturated carbocycles. The Bertz CT molecular complexity index is 488. The van der Waals surface area contributed by atoms with Crippen molar-refractivity contribution in [2.45, 2.75) is 39.7 Å². The molecule has 0 aromatic heterocycles. The second-order valence-corrected chi connectivity index (χ2v) is 6.19. The first-order chi connectivity index (χ1) is 9.73. The van der Waals surface area contributed by atoms with Crippen molar-refractivity contribution in [3.8, 4) is 5.75 Å². The van der Waals surface area contributed by atoms with Crippen LogP contribution in [0.15, 0.2) is 24.3 Å². The summed E-state index contributed by atoms with van der Waals surface area (Å²) in [5.74, 6) is -0.755. The van der Waals surface area contributed by atoms with E-state index in [1.165, 1.54) is 0 Å².